The third kappa shape index (κ3) is 7.70. The van der Waals surface area contributed by atoms with Crippen molar-refractivity contribution < 1.29 is 93.1 Å². The van der Waals surface area contributed by atoms with Crippen LogP contribution in [-0.4, -0.2) is 139 Å². The molecule has 3 saturated heterocycles. The second-order valence-electron chi connectivity index (χ2n) is 17.8. The number of ether oxygens (including phenoxy) is 8. The summed E-state index contributed by atoms with van der Waals surface area (Å²) in [7, 11) is 1.21. The van der Waals surface area contributed by atoms with Crippen molar-refractivity contribution in [3.05, 3.63) is 50.7 Å². The van der Waals surface area contributed by atoms with Crippen LogP contribution in [0.2, 0.25) is 0 Å². The summed E-state index contributed by atoms with van der Waals surface area (Å²) in [5, 5.41) is 99.8. The van der Waals surface area contributed by atoms with Crippen LogP contribution in [0.4, 0.5) is 0 Å². The summed E-state index contributed by atoms with van der Waals surface area (Å²) >= 11 is 0. The number of carbonyl (C=O) groups excluding carboxylic acids is 1. The highest BCUT2D eigenvalue weighted by Crippen LogP contribution is 2.58. The molecule has 0 radical (unpaired) electrons. The fourth-order valence-electron chi connectivity index (χ4n) is 10.1. The molecule has 20 nitrogen and oxygen atoms in total. The number of benzene rings is 3. The minimum Gasteiger partial charge on any atom is -0.506 e. The molecule has 0 bridgehead atoms. The molecule has 9 N–H and O–H groups in total. The first kappa shape index (κ1) is 46.3. The molecule has 1 unspecified atom stereocenters. The van der Waals surface area contributed by atoms with Crippen LogP contribution in [0.1, 0.15) is 99.1 Å². The van der Waals surface area contributed by atoms with E-state index in [1.165, 1.54) is 25.3 Å². The number of hydrogen-bond donors (Lipinski definition) is 9. The van der Waals surface area contributed by atoms with Gasteiger partial charge in [0.2, 0.25) is 11.7 Å². The summed E-state index contributed by atoms with van der Waals surface area (Å²) in [5.41, 5.74) is -2.15. The number of aliphatic hydroxyl groups excluding tert-OH is 6. The minimum absolute atomic E-state index is 0.00229. The second kappa shape index (κ2) is 17.7. The smallest absolute Gasteiger partial charge is 0.342 e. The number of cyclic esters (lactones) is 1. The number of hydrogen-bond acceptors (Lipinski definition) is 20. The van der Waals surface area contributed by atoms with Crippen LogP contribution in [0.3, 0.4) is 0 Å². The lowest BCUT2D eigenvalue weighted by Crippen LogP contribution is -2.56. The normalized spacial score (nSPS) is 34.3. The maximum absolute atomic E-state index is 14.5. The molecule has 0 saturated carbocycles. The number of phenolic OH excluding ortho intramolecular Hbond substituents is 3. The van der Waals surface area contributed by atoms with Crippen molar-refractivity contribution >= 4 is 27.9 Å². The maximum atomic E-state index is 14.5. The zero-order chi connectivity index (χ0) is 47.2. The van der Waals surface area contributed by atoms with Gasteiger partial charge in [0.1, 0.15) is 70.0 Å². The topological polar surface area (TPSA) is 303 Å². The number of esters is 1. The Labute approximate surface area is 376 Å². The van der Waals surface area contributed by atoms with E-state index < -0.39 is 132 Å². The van der Waals surface area contributed by atoms with Gasteiger partial charge in [0.25, 0.3) is 0 Å². The Bertz CT molecular complexity index is 2560. The van der Waals surface area contributed by atoms with Crippen molar-refractivity contribution in [3.63, 3.8) is 0 Å². The molecule has 9 rings (SSSR count). The van der Waals surface area contributed by atoms with Gasteiger partial charge in [0, 0.05) is 42.4 Å². The first-order valence-electron chi connectivity index (χ1n) is 22.1. The van der Waals surface area contributed by atoms with Gasteiger partial charge in [-0.15, -0.1) is 0 Å². The number of methoxy groups -OCH3 is 1. The molecule has 4 aliphatic heterocycles. The van der Waals surface area contributed by atoms with E-state index in [0.29, 0.717) is 12.0 Å². The molecule has 5 heterocycles. The minimum atomic E-state index is -1.77. The van der Waals surface area contributed by atoms with Crippen molar-refractivity contribution in [2.24, 2.45) is 0 Å². The zero-order valence-electron chi connectivity index (χ0n) is 36.7. The highest BCUT2D eigenvalue weighted by molar-refractivity contribution is 6.07. The number of rotatable bonds is 9. The Hall–Kier alpha value is -4.84. The van der Waals surface area contributed by atoms with Crippen LogP contribution in [0, 0.1) is 0 Å². The Balaban J connectivity index is 0.968. The number of aromatic hydroxyl groups is 3. The summed E-state index contributed by atoms with van der Waals surface area (Å²) in [6, 6.07) is 4.07. The molecule has 66 heavy (non-hydrogen) atoms. The van der Waals surface area contributed by atoms with Gasteiger partial charge in [-0.25, -0.2) is 4.79 Å². The molecule has 4 aromatic rings. The standard InChI is InChI=1S/C46H54O20/c1-6-7-19-10-18-11-20-30(38(53)29(18)46(57)62-19)32-33(41(56)36(20)51)44(58-5)45-34(40(32)55)39(54)31-24(64-45)8-9-25(37(31)52)63-26-13-22(48)42(16(3)60-26)66-28-14-23(49)43(17(4)61-28)65-27-12-21(47)35(50)15(2)59-27/h8-9,11,15-17,19,21-23,26-28,35-36,41-43,47-53,55-56H,6-7,10,12-14H2,1-5H3/t15-,16-,17+,19-,21-,22-,23-,26+,27+,28+,35-,36?,41+,42-,43-/m1/s1. The van der Waals surface area contributed by atoms with E-state index in [9.17, 15) is 55.5 Å². The Morgan fingerprint density at radius 3 is 1.95 bits per heavy atom. The monoisotopic (exact) mass is 926 g/mol. The molecular weight excluding hydrogens is 872 g/mol. The zero-order valence-corrected chi connectivity index (χ0v) is 36.7. The molecule has 0 amide bonds. The lowest BCUT2D eigenvalue weighted by molar-refractivity contribution is -0.330. The van der Waals surface area contributed by atoms with Crippen molar-refractivity contribution in [2.45, 2.75) is 158 Å². The molecule has 5 aliphatic rings. The van der Waals surface area contributed by atoms with Crippen LogP contribution in [0.5, 0.6) is 28.7 Å². The van der Waals surface area contributed by atoms with Crippen LogP contribution >= 0.6 is 0 Å². The number of phenols is 3. The predicted octanol–water partition coefficient (Wildman–Crippen LogP) is 2.70. The molecule has 20 heteroatoms. The lowest BCUT2D eigenvalue weighted by Gasteiger charge is -2.44. The predicted molar refractivity (Wildman–Crippen MR) is 226 cm³/mol. The summed E-state index contributed by atoms with van der Waals surface area (Å²) in [6.45, 7) is 6.81. The molecule has 15 atom stereocenters. The van der Waals surface area contributed by atoms with Gasteiger partial charge in [0.05, 0.1) is 43.7 Å². The summed E-state index contributed by atoms with van der Waals surface area (Å²) < 4.78 is 53.0. The number of aliphatic hydroxyl groups is 6. The van der Waals surface area contributed by atoms with E-state index in [1.807, 2.05) is 6.92 Å². The Morgan fingerprint density at radius 2 is 1.33 bits per heavy atom. The van der Waals surface area contributed by atoms with Crippen LogP contribution in [0.25, 0.3) is 33.1 Å². The van der Waals surface area contributed by atoms with E-state index in [0.717, 1.165) is 6.42 Å². The van der Waals surface area contributed by atoms with Gasteiger partial charge in [-0.05, 0) is 50.5 Å². The number of fused-ring (bicyclic) bond motifs is 6. The molecular formula is C46H54O20. The van der Waals surface area contributed by atoms with Gasteiger partial charge < -0.3 is 88.3 Å². The average Bonchev–Trinajstić information content (AvgIpc) is 3.25. The van der Waals surface area contributed by atoms with Gasteiger partial charge in [-0.2, -0.15) is 0 Å². The SMILES string of the molecule is CCC[C@@H]1Cc2cc3c(c(O)c2C(=O)O1)-c1c(c(OC)c2oc4ccc(O[C@H]5C[C@@H](O)[C@H](O[C@H]6C[C@@H](O)[C@H](O[C@H]7C[C@@H](O)[C@H](O)[C@@H](C)O7)[C@H](C)O6)[C@@H](C)O5)c(O)c4c(=O)c2c1O)[C@H](O)C3O. The molecule has 1 aliphatic carbocycles. The van der Waals surface area contributed by atoms with Crippen molar-refractivity contribution in [1.29, 1.82) is 0 Å². The first-order chi connectivity index (χ1) is 31.4. The first-order valence-corrected chi connectivity index (χ1v) is 22.1. The molecule has 1 aromatic heterocycles. The summed E-state index contributed by atoms with van der Waals surface area (Å²) in [6.07, 6.45) is -14.2. The fraction of sp³-hybridized carbons (Fsp3) is 0.565. The quantitative estimate of drug-likeness (QED) is 0.0861. The summed E-state index contributed by atoms with van der Waals surface area (Å²) in [4.78, 5) is 27.8. The largest absolute Gasteiger partial charge is 0.506 e. The van der Waals surface area contributed by atoms with E-state index in [1.54, 1.807) is 20.8 Å². The highest BCUT2D eigenvalue weighted by atomic mass is 16.7. The fourth-order valence-corrected chi connectivity index (χ4v) is 10.1. The molecule has 358 valence electrons. The second-order valence-corrected chi connectivity index (χ2v) is 17.8. The van der Waals surface area contributed by atoms with E-state index in [-0.39, 0.29) is 76.2 Å². The third-order valence-electron chi connectivity index (χ3n) is 13.3. The lowest BCUT2D eigenvalue weighted by atomic mass is 9.77. The van der Waals surface area contributed by atoms with Gasteiger partial charge in [0.15, 0.2) is 35.4 Å². The van der Waals surface area contributed by atoms with E-state index in [4.69, 9.17) is 42.3 Å². The van der Waals surface area contributed by atoms with Gasteiger partial charge in [-0.1, -0.05) is 19.4 Å². The molecule has 0 spiro atoms. The van der Waals surface area contributed by atoms with Crippen molar-refractivity contribution in [1.82, 2.24) is 0 Å². The van der Waals surface area contributed by atoms with Crippen LogP contribution in [-0.2, 0) is 34.8 Å². The van der Waals surface area contributed by atoms with E-state index in [2.05, 4.69) is 0 Å². The third-order valence-corrected chi connectivity index (χ3v) is 13.3. The molecule has 3 fully saturated rings. The van der Waals surface area contributed by atoms with Gasteiger partial charge >= 0.3 is 5.97 Å². The average molecular weight is 927 g/mol. The van der Waals surface area contributed by atoms with Crippen molar-refractivity contribution in [2.75, 3.05) is 7.11 Å². The van der Waals surface area contributed by atoms with E-state index >= 15 is 0 Å². The van der Waals surface area contributed by atoms with Gasteiger partial charge in [-0.3, -0.25) is 4.79 Å². The van der Waals surface area contributed by atoms with Crippen LogP contribution < -0.4 is 14.9 Å². The maximum Gasteiger partial charge on any atom is 0.342 e. The summed E-state index contributed by atoms with van der Waals surface area (Å²) in [5.74, 6) is -3.51. The Kier molecular flexibility index (Phi) is 12.4. The Morgan fingerprint density at radius 1 is 0.712 bits per heavy atom. The number of carbonyl (C=O) groups is 1. The molecule has 3 aromatic carbocycles. The van der Waals surface area contributed by atoms with Crippen LogP contribution in [0.15, 0.2) is 27.4 Å². The van der Waals surface area contributed by atoms with Crippen molar-refractivity contribution in [3.8, 4) is 39.9 Å². The highest BCUT2D eigenvalue weighted by Gasteiger charge is 2.46.